The Morgan fingerprint density at radius 3 is 2.50 bits per heavy atom. The van der Waals surface area contributed by atoms with E-state index in [0.29, 0.717) is 5.69 Å². The van der Waals surface area contributed by atoms with Crippen LogP contribution in [0.25, 0.3) is 9.88 Å². The van der Waals surface area contributed by atoms with Crippen molar-refractivity contribution in [2.24, 2.45) is 0 Å². The van der Waals surface area contributed by atoms with Crippen LogP contribution in [0.5, 0.6) is 0 Å². The molecule has 3 aromatic rings. The molecule has 0 spiro atoms. The van der Waals surface area contributed by atoms with E-state index in [-0.39, 0.29) is 24.6 Å². The normalized spacial score (nSPS) is 10.5. The van der Waals surface area contributed by atoms with Gasteiger partial charge in [0.05, 0.1) is 10.4 Å². The molecule has 0 saturated carbocycles. The van der Waals surface area contributed by atoms with Crippen molar-refractivity contribution in [1.29, 1.82) is 0 Å². The predicted octanol–water partition coefficient (Wildman–Crippen LogP) is 3.93. The molecular formula is C17H13BrFN3O2S2. The minimum Gasteiger partial charge on any atom is -0.350 e. The average Bonchev–Trinajstić information content (AvgIpc) is 3.27. The first kappa shape index (κ1) is 18.7. The summed E-state index contributed by atoms with van der Waals surface area (Å²) in [5.74, 6) is -1.41. The molecule has 0 unspecified atom stereocenters. The molecule has 5 nitrogen and oxygen atoms in total. The van der Waals surface area contributed by atoms with Crippen molar-refractivity contribution in [1.82, 2.24) is 15.6 Å². The van der Waals surface area contributed by atoms with E-state index in [9.17, 15) is 14.0 Å². The molecular weight excluding hydrogens is 441 g/mol. The lowest BCUT2D eigenvalue weighted by molar-refractivity contribution is 0.0923. The molecule has 1 aromatic carbocycles. The third-order valence-electron chi connectivity index (χ3n) is 3.33. The van der Waals surface area contributed by atoms with Gasteiger partial charge in [-0.3, -0.25) is 9.59 Å². The molecule has 2 amide bonds. The highest BCUT2D eigenvalue weighted by Gasteiger charge is 2.13. The molecule has 0 fully saturated rings. The van der Waals surface area contributed by atoms with Crippen LogP contribution in [0.1, 0.15) is 20.8 Å². The van der Waals surface area contributed by atoms with Crippen LogP contribution < -0.4 is 10.6 Å². The second kappa shape index (κ2) is 8.52. The van der Waals surface area contributed by atoms with Crippen LogP contribution in [0.3, 0.4) is 0 Å². The van der Waals surface area contributed by atoms with Gasteiger partial charge < -0.3 is 10.6 Å². The van der Waals surface area contributed by atoms with Crippen LogP contribution in [0.15, 0.2) is 45.6 Å². The molecule has 2 heterocycles. The summed E-state index contributed by atoms with van der Waals surface area (Å²) < 4.78 is 14.5. The average molecular weight is 454 g/mol. The standard InChI is InChI=1S/C17H13BrFN3O2S2/c18-10-7-14(25-8-10)17-22-13(9-26-17)16(24)21-6-5-20-15(23)11-3-1-2-4-12(11)19/h1-4,7-9H,5-6H2,(H,20,23)(H,21,24). The number of thiazole rings is 1. The molecule has 9 heteroatoms. The van der Waals surface area contributed by atoms with Gasteiger partial charge in [0.2, 0.25) is 0 Å². The minimum atomic E-state index is -0.579. The Morgan fingerprint density at radius 1 is 1.08 bits per heavy atom. The molecule has 0 aliphatic carbocycles. The van der Waals surface area contributed by atoms with Gasteiger partial charge >= 0.3 is 0 Å². The summed E-state index contributed by atoms with van der Waals surface area (Å²) in [4.78, 5) is 29.3. The van der Waals surface area contributed by atoms with E-state index < -0.39 is 11.7 Å². The smallest absolute Gasteiger partial charge is 0.270 e. The van der Waals surface area contributed by atoms with E-state index in [1.807, 2.05) is 11.4 Å². The lowest BCUT2D eigenvalue weighted by atomic mass is 10.2. The van der Waals surface area contributed by atoms with E-state index >= 15 is 0 Å². The zero-order chi connectivity index (χ0) is 18.5. The molecule has 0 aliphatic heterocycles. The van der Waals surface area contributed by atoms with Crippen molar-refractivity contribution >= 4 is 50.4 Å². The first-order chi connectivity index (χ1) is 12.5. The molecule has 0 saturated heterocycles. The quantitative estimate of drug-likeness (QED) is 0.555. The number of halogens is 2. The summed E-state index contributed by atoms with van der Waals surface area (Å²) >= 11 is 6.33. The van der Waals surface area contributed by atoms with Crippen molar-refractivity contribution in [2.75, 3.05) is 13.1 Å². The SMILES string of the molecule is O=C(NCCNC(=O)c1ccccc1F)c1csc(-c2cc(Br)cs2)n1. The molecule has 0 bridgehead atoms. The second-order valence-electron chi connectivity index (χ2n) is 5.16. The Kier molecular flexibility index (Phi) is 6.12. The Morgan fingerprint density at radius 2 is 1.81 bits per heavy atom. The van der Waals surface area contributed by atoms with Gasteiger partial charge in [0, 0.05) is 28.3 Å². The second-order valence-corrected chi connectivity index (χ2v) is 7.84. The van der Waals surface area contributed by atoms with Gasteiger partial charge in [0.1, 0.15) is 16.5 Å². The van der Waals surface area contributed by atoms with Gasteiger partial charge in [-0.2, -0.15) is 0 Å². The topological polar surface area (TPSA) is 71.1 Å². The lowest BCUT2D eigenvalue weighted by Crippen LogP contribution is -2.35. The third-order valence-corrected chi connectivity index (χ3v) is 6.03. The summed E-state index contributed by atoms with van der Waals surface area (Å²) in [6.45, 7) is 0.407. The first-order valence-corrected chi connectivity index (χ1v) is 10.1. The number of nitrogens with one attached hydrogen (secondary N) is 2. The summed E-state index contributed by atoms with van der Waals surface area (Å²) in [6.07, 6.45) is 0. The number of thiophene rings is 1. The molecule has 2 N–H and O–H groups in total. The molecule has 2 aromatic heterocycles. The third kappa shape index (κ3) is 4.54. The van der Waals surface area contributed by atoms with Gasteiger partial charge in [0.15, 0.2) is 0 Å². The van der Waals surface area contributed by atoms with Crippen molar-refractivity contribution in [3.05, 3.63) is 62.6 Å². The van der Waals surface area contributed by atoms with Crippen molar-refractivity contribution in [2.45, 2.75) is 0 Å². The van der Waals surface area contributed by atoms with Crippen molar-refractivity contribution in [3.8, 4) is 9.88 Å². The Bertz CT molecular complexity index is 941. The molecule has 0 atom stereocenters. The number of carbonyl (C=O) groups excluding carboxylic acids is 2. The van der Waals surface area contributed by atoms with Gasteiger partial charge in [-0.1, -0.05) is 12.1 Å². The van der Waals surface area contributed by atoms with E-state index in [4.69, 9.17) is 0 Å². The number of nitrogens with zero attached hydrogens (tertiary/aromatic N) is 1. The summed E-state index contributed by atoms with van der Waals surface area (Å²) in [7, 11) is 0. The predicted molar refractivity (Wildman–Crippen MR) is 104 cm³/mol. The molecule has 3 rings (SSSR count). The van der Waals surface area contributed by atoms with Gasteiger partial charge in [0.25, 0.3) is 11.8 Å². The largest absolute Gasteiger partial charge is 0.350 e. The van der Waals surface area contributed by atoms with E-state index in [0.717, 1.165) is 14.4 Å². The van der Waals surface area contributed by atoms with E-state index in [1.165, 1.54) is 29.5 Å². The molecule has 0 aliphatic rings. The maximum atomic E-state index is 13.5. The zero-order valence-electron chi connectivity index (χ0n) is 13.3. The Labute approximate surface area is 165 Å². The van der Waals surface area contributed by atoms with Gasteiger partial charge in [-0.05, 0) is 34.1 Å². The van der Waals surface area contributed by atoms with Crippen LogP contribution in [0, 0.1) is 5.82 Å². The Balaban J connectivity index is 1.48. The van der Waals surface area contributed by atoms with Crippen LogP contribution in [0.2, 0.25) is 0 Å². The molecule has 26 heavy (non-hydrogen) atoms. The molecule has 0 radical (unpaired) electrons. The minimum absolute atomic E-state index is 0.0231. The number of benzene rings is 1. The monoisotopic (exact) mass is 453 g/mol. The fraction of sp³-hybridized carbons (Fsp3) is 0.118. The number of amides is 2. The number of hydrogen-bond acceptors (Lipinski definition) is 5. The van der Waals surface area contributed by atoms with E-state index in [2.05, 4.69) is 31.5 Å². The number of aromatic nitrogens is 1. The highest BCUT2D eigenvalue weighted by molar-refractivity contribution is 9.10. The zero-order valence-corrected chi connectivity index (χ0v) is 16.5. The number of hydrogen-bond donors (Lipinski definition) is 2. The van der Waals surface area contributed by atoms with Crippen LogP contribution in [0.4, 0.5) is 4.39 Å². The molecule has 134 valence electrons. The van der Waals surface area contributed by atoms with Crippen LogP contribution in [-0.4, -0.2) is 29.9 Å². The summed E-state index contributed by atoms with van der Waals surface area (Å²) in [5, 5.41) is 9.67. The van der Waals surface area contributed by atoms with E-state index in [1.54, 1.807) is 22.8 Å². The van der Waals surface area contributed by atoms with Crippen molar-refractivity contribution in [3.63, 3.8) is 0 Å². The number of rotatable bonds is 6. The number of carbonyl (C=O) groups is 2. The first-order valence-electron chi connectivity index (χ1n) is 7.55. The van der Waals surface area contributed by atoms with Crippen molar-refractivity contribution < 1.29 is 14.0 Å². The maximum absolute atomic E-state index is 13.5. The van der Waals surface area contributed by atoms with Crippen LogP contribution in [-0.2, 0) is 0 Å². The van der Waals surface area contributed by atoms with Crippen LogP contribution >= 0.6 is 38.6 Å². The Hall–Kier alpha value is -2.10. The van der Waals surface area contributed by atoms with Gasteiger partial charge in [-0.25, -0.2) is 9.37 Å². The fourth-order valence-electron chi connectivity index (χ4n) is 2.10. The summed E-state index contributed by atoms with van der Waals surface area (Å²) in [6, 6.07) is 7.68. The fourth-order valence-corrected chi connectivity index (χ4v) is 4.41. The maximum Gasteiger partial charge on any atom is 0.270 e. The van der Waals surface area contributed by atoms with Gasteiger partial charge in [-0.15, -0.1) is 22.7 Å². The lowest BCUT2D eigenvalue weighted by Gasteiger charge is -2.06. The summed E-state index contributed by atoms with van der Waals surface area (Å²) in [5.41, 5.74) is 0.306. The highest BCUT2D eigenvalue weighted by atomic mass is 79.9. The highest BCUT2D eigenvalue weighted by Crippen LogP contribution is 2.31.